The maximum atomic E-state index is 11.4. The smallest absolute Gasteiger partial charge is 0.220 e. The van der Waals surface area contributed by atoms with Crippen LogP contribution in [0.2, 0.25) is 0 Å². The second kappa shape index (κ2) is 6.80. The van der Waals surface area contributed by atoms with Crippen molar-refractivity contribution in [2.75, 3.05) is 33.7 Å². The zero-order valence-electron chi connectivity index (χ0n) is 9.88. The number of amides is 1. The van der Waals surface area contributed by atoms with Crippen molar-refractivity contribution in [3.63, 3.8) is 0 Å². The molecule has 0 spiro atoms. The lowest BCUT2D eigenvalue weighted by Crippen LogP contribution is -2.32. The molecule has 1 aliphatic rings. The van der Waals surface area contributed by atoms with Gasteiger partial charge in [0, 0.05) is 25.6 Å². The van der Waals surface area contributed by atoms with E-state index in [9.17, 15) is 4.79 Å². The first-order valence-electron chi connectivity index (χ1n) is 5.83. The first kappa shape index (κ1) is 12.5. The summed E-state index contributed by atoms with van der Waals surface area (Å²) in [6.07, 6.45) is 4.12. The molecule has 1 unspecified atom stereocenters. The molecule has 4 heteroatoms. The van der Waals surface area contributed by atoms with Crippen molar-refractivity contribution >= 4 is 5.91 Å². The molecule has 1 saturated heterocycles. The van der Waals surface area contributed by atoms with E-state index in [-0.39, 0.29) is 5.91 Å². The molecule has 2 N–H and O–H groups in total. The molecule has 0 aromatic heterocycles. The zero-order valence-corrected chi connectivity index (χ0v) is 9.88. The number of carbonyl (C=O) groups is 1. The fraction of sp³-hybridized carbons (Fsp3) is 0.909. The van der Waals surface area contributed by atoms with E-state index >= 15 is 0 Å². The van der Waals surface area contributed by atoms with Gasteiger partial charge in [-0.1, -0.05) is 0 Å². The van der Waals surface area contributed by atoms with Crippen LogP contribution in [0.3, 0.4) is 0 Å². The molecule has 15 heavy (non-hydrogen) atoms. The van der Waals surface area contributed by atoms with E-state index in [0.29, 0.717) is 12.5 Å². The van der Waals surface area contributed by atoms with Gasteiger partial charge in [0.1, 0.15) is 0 Å². The highest BCUT2D eigenvalue weighted by molar-refractivity contribution is 5.75. The highest BCUT2D eigenvalue weighted by atomic mass is 16.1. The Labute approximate surface area is 92.4 Å². The van der Waals surface area contributed by atoms with E-state index in [1.54, 1.807) is 0 Å². The first-order valence-corrected chi connectivity index (χ1v) is 5.83. The van der Waals surface area contributed by atoms with E-state index < -0.39 is 0 Å². The molecule has 0 aliphatic carbocycles. The van der Waals surface area contributed by atoms with Gasteiger partial charge in [-0.2, -0.15) is 0 Å². The van der Waals surface area contributed by atoms with Gasteiger partial charge in [0.15, 0.2) is 0 Å². The standard InChI is InChI=1S/C11H23N3O/c1-14(2)9-8-13-11(15)6-5-10-4-3-7-12-10/h10,12H,3-9H2,1-2H3,(H,13,15). The lowest BCUT2D eigenvalue weighted by molar-refractivity contribution is -0.121. The Morgan fingerprint density at radius 3 is 2.93 bits per heavy atom. The van der Waals surface area contributed by atoms with Gasteiger partial charge in [-0.3, -0.25) is 4.79 Å². The van der Waals surface area contributed by atoms with Crippen LogP contribution < -0.4 is 10.6 Å². The number of hydrogen-bond donors (Lipinski definition) is 2. The molecule has 0 aromatic carbocycles. The number of likely N-dealkylation sites (N-methyl/N-ethyl adjacent to an activating group) is 1. The summed E-state index contributed by atoms with van der Waals surface area (Å²) in [6.45, 7) is 2.78. The average molecular weight is 213 g/mol. The molecule has 1 rings (SSSR count). The topological polar surface area (TPSA) is 44.4 Å². The van der Waals surface area contributed by atoms with Crippen molar-refractivity contribution in [1.29, 1.82) is 0 Å². The molecule has 1 amide bonds. The third kappa shape index (κ3) is 5.74. The van der Waals surface area contributed by atoms with Crippen LogP contribution in [0, 0.1) is 0 Å². The van der Waals surface area contributed by atoms with E-state index in [4.69, 9.17) is 0 Å². The molecule has 1 heterocycles. The molecule has 4 nitrogen and oxygen atoms in total. The summed E-state index contributed by atoms with van der Waals surface area (Å²) in [5.41, 5.74) is 0. The lowest BCUT2D eigenvalue weighted by Gasteiger charge is -2.12. The number of rotatable bonds is 6. The highest BCUT2D eigenvalue weighted by Crippen LogP contribution is 2.10. The molecule has 0 aromatic rings. The Bertz CT molecular complexity index is 188. The first-order chi connectivity index (χ1) is 7.18. The van der Waals surface area contributed by atoms with Crippen LogP contribution in [-0.4, -0.2) is 50.6 Å². The van der Waals surface area contributed by atoms with Crippen LogP contribution in [0.25, 0.3) is 0 Å². The number of hydrogen-bond acceptors (Lipinski definition) is 3. The van der Waals surface area contributed by atoms with Crippen LogP contribution in [0.15, 0.2) is 0 Å². The lowest BCUT2D eigenvalue weighted by atomic mass is 10.1. The maximum absolute atomic E-state index is 11.4. The fourth-order valence-corrected chi connectivity index (χ4v) is 1.82. The number of nitrogens with zero attached hydrogens (tertiary/aromatic N) is 1. The Kier molecular flexibility index (Phi) is 5.65. The Morgan fingerprint density at radius 2 is 2.33 bits per heavy atom. The molecular weight excluding hydrogens is 190 g/mol. The predicted molar refractivity (Wildman–Crippen MR) is 61.8 cm³/mol. The van der Waals surface area contributed by atoms with E-state index in [1.165, 1.54) is 12.8 Å². The summed E-state index contributed by atoms with van der Waals surface area (Å²) in [5.74, 6) is 0.186. The molecular formula is C11H23N3O. The van der Waals surface area contributed by atoms with E-state index in [0.717, 1.165) is 26.1 Å². The van der Waals surface area contributed by atoms with Crippen molar-refractivity contribution in [3.05, 3.63) is 0 Å². The molecule has 0 bridgehead atoms. The summed E-state index contributed by atoms with van der Waals surface area (Å²) in [4.78, 5) is 13.5. The monoisotopic (exact) mass is 213 g/mol. The van der Waals surface area contributed by atoms with Crippen LogP contribution in [-0.2, 0) is 4.79 Å². The van der Waals surface area contributed by atoms with Crippen LogP contribution >= 0.6 is 0 Å². The van der Waals surface area contributed by atoms with Gasteiger partial charge in [0.25, 0.3) is 0 Å². The molecule has 88 valence electrons. The molecule has 0 radical (unpaired) electrons. The minimum Gasteiger partial charge on any atom is -0.355 e. The SMILES string of the molecule is CN(C)CCNC(=O)CCC1CCCN1. The van der Waals surface area contributed by atoms with Crippen molar-refractivity contribution < 1.29 is 4.79 Å². The molecule has 1 aliphatic heterocycles. The number of nitrogens with one attached hydrogen (secondary N) is 2. The average Bonchev–Trinajstić information content (AvgIpc) is 2.66. The quantitative estimate of drug-likeness (QED) is 0.662. The summed E-state index contributed by atoms with van der Waals surface area (Å²) < 4.78 is 0. The van der Waals surface area contributed by atoms with Gasteiger partial charge in [0.05, 0.1) is 0 Å². The Hall–Kier alpha value is -0.610. The van der Waals surface area contributed by atoms with E-state index in [2.05, 4.69) is 15.5 Å². The van der Waals surface area contributed by atoms with Crippen LogP contribution in [0.1, 0.15) is 25.7 Å². The minimum atomic E-state index is 0.186. The van der Waals surface area contributed by atoms with Gasteiger partial charge < -0.3 is 15.5 Å². The molecule has 1 atom stereocenters. The fourth-order valence-electron chi connectivity index (χ4n) is 1.82. The van der Waals surface area contributed by atoms with Crippen LogP contribution in [0.5, 0.6) is 0 Å². The summed E-state index contributed by atoms with van der Waals surface area (Å²) in [6, 6.07) is 0.574. The molecule has 1 fully saturated rings. The third-order valence-electron chi connectivity index (χ3n) is 2.76. The van der Waals surface area contributed by atoms with Gasteiger partial charge in [-0.25, -0.2) is 0 Å². The normalized spacial score (nSPS) is 20.9. The Morgan fingerprint density at radius 1 is 1.53 bits per heavy atom. The predicted octanol–water partition coefficient (Wildman–Crippen LogP) is 0.196. The Balaban J connectivity index is 1.98. The summed E-state index contributed by atoms with van der Waals surface area (Å²) >= 11 is 0. The third-order valence-corrected chi connectivity index (χ3v) is 2.76. The van der Waals surface area contributed by atoms with Gasteiger partial charge >= 0.3 is 0 Å². The van der Waals surface area contributed by atoms with Crippen molar-refractivity contribution in [3.8, 4) is 0 Å². The summed E-state index contributed by atoms with van der Waals surface area (Å²) in [7, 11) is 4.02. The zero-order chi connectivity index (χ0) is 11.1. The van der Waals surface area contributed by atoms with Crippen LogP contribution in [0.4, 0.5) is 0 Å². The molecule has 0 saturated carbocycles. The van der Waals surface area contributed by atoms with E-state index in [1.807, 2.05) is 14.1 Å². The second-order valence-corrected chi connectivity index (χ2v) is 4.49. The van der Waals surface area contributed by atoms with Crippen molar-refractivity contribution in [2.24, 2.45) is 0 Å². The van der Waals surface area contributed by atoms with Crippen molar-refractivity contribution in [2.45, 2.75) is 31.7 Å². The largest absolute Gasteiger partial charge is 0.355 e. The second-order valence-electron chi connectivity index (χ2n) is 4.49. The summed E-state index contributed by atoms with van der Waals surface area (Å²) in [5, 5.41) is 6.33. The van der Waals surface area contributed by atoms with Gasteiger partial charge in [0.2, 0.25) is 5.91 Å². The van der Waals surface area contributed by atoms with Gasteiger partial charge in [-0.15, -0.1) is 0 Å². The van der Waals surface area contributed by atoms with Gasteiger partial charge in [-0.05, 0) is 39.9 Å². The minimum absolute atomic E-state index is 0.186. The van der Waals surface area contributed by atoms with Crippen molar-refractivity contribution in [1.82, 2.24) is 15.5 Å². The highest BCUT2D eigenvalue weighted by Gasteiger charge is 2.14. The maximum Gasteiger partial charge on any atom is 0.220 e. The number of carbonyl (C=O) groups excluding carboxylic acids is 1.